The van der Waals surface area contributed by atoms with Crippen LogP contribution >= 0.6 is 0 Å². The second kappa shape index (κ2) is 11.6. The van der Waals surface area contributed by atoms with E-state index in [1.54, 1.807) is 43.3 Å². The molecule has 2 amide bonds. The molecule has 0 bridgehead atoms. The molecule has 3 rings (SSSR count). The van der Waals surface area contributed by atoms with Crippen molar-refractivity contribution in [3.8, 4) is 0 Å². The van der Waals surface area contributed by atoms with Gasteiger partial charge in [0.15, 0.2) is 0 Å². The molecule has 3 aromatic rings. The van der Waals surface area contributed by atoms with Crippen molar-refractivity contribution in [2.24, 2.45) is 0 Å². The van der Waals surface area contributed by atoms with Gasteiger partial charge in [-0.2, -0.15) is 0 Å². The molecule has 0 aliphatic rings. The number of carbonyl (C=O) groups excluding carboxylic acids is 2. The zero-order valence-electron chi connectivity index (χ0n) is 22.0. The minimum absolute atomic E-state index is 0.0810. The predicted octanol–water partition coefficient (Wildman–Crippen LogP) is 4.52. The summed E-state index contributed by atoms with van der Waals surface area (Å²) >= 11 is 0. The number of carbonyl (C=O) groups is 2. The second-order valence-corrected chi connectivity index (χ2v) is 11.9. The lowest BCUT2D eigenvalue weighted by molar-refractivity contribution is -0.140. The molecule has 0 heterocycles. The van der Waals surface area contributed by atoms with Crippen molar-refractivity contribution < 1.29 is 18.0 Å². The first-order valence-corrected chi connectivity index (χ1v) is 13.6. The Kier molecular flexibility index (Phi) is 8.76. The number of amides is 2. The minimum atomic E-state index is -4.06. The molecule has 1 atom stereocenters. The van der Waals surface area contributed by atoms with E-state index in [9.17, 15) is 18.0 Å². The Bertz CT molecular complexity index is 1320. The monoisotopic (exact) mass is 521 g/mol. The summed E-state index contributed by atoms with van der Waals surface area (Å²) in [5, 5.41) is 2.92. The van der Waals surface area contributed by atoms with E-state index in [4.69, 9.17) is 0 Å². The van der Waals surface area contributed by atoms with Gasteiger partial charge in [0, 0.05) is 12.1 Å². The van der Waals surface area contributed by atoms with Gasteiger partial charge in [-0.3, -0.25) is 13.9 Å². The van der Waals surface area contributed by atoms with Crippen LogP contribution in [-0.2, 0) is 26.2 Å². The van der Waals surface area contributed by atoms with E-state index in [-0.39, 0.29) is 17.3 Å². The van der Waals surface area contributed by atoms with E-state index in [0.717, 1.165) is 15.4 Å². The highest BCUT2D eigenvalue weighted by atomic mass is 32.2. The molecule has 0 fully saturated rings. The summed E-state index contributed by atoms with van der Waals surface area (Å²) in [6.45, 7) is 8.82. The van der Waals surface area contributed by atoms with Crippen LogP contribution in [0, 0.1) is 6.92 Å². The Morgan fingerprint density at radius 3 is 2.05 bits per heavy atom. The quantitative estimate of drug-likeness (QED) is 0.449. The van der Waals surface area contributed by atoms with Crippen LogP contribution in [0.3, 0.4) is 0 Å². The third kappa shape index (κ3) is 7.43. The lowest BCUT2D eigenvalue weighted by atomic mass is 10.1. The molecule has 7 nitrogen and oxygen atoms in total. The summed E-state index contributed by atoms with van der Waals surface area (Å²) in [4.78, 5) is 28.4. The standard InChI is InChI=1S/C29H35N3O4S/c1-22-13-12-16-25(19-22)32(37(35,36)26-17-10-7-11-18-26)21-27(33)31(20-24-14-8-6-9-15-24)23(2)28(34)30-29(3,4)5/h6-19,23H,20-21H2,1-5H3,(H,30,34)/t23-/m0/s1. The number of nitrogens with zero attached hydrogens (tertiary/aromatic N) is 2. The summed E-state index contributed by atoms with van der Waals surface area (Å²) in [6, 6.07) is 23.5. The molecule has 0 unspecified atom stereocenters. The zero-order chi connectivity index (χ0) is 27.2. The van der Waals surface area contributed by atoms with E-state index in [1.807, 2.05) is 64.1 Å². The third-order valence-electron chi connectivity index (χ3n) is 5.76. The summed E-state index contributed by atoms with van der Waals surface area (Å²) in [5.74, 6) is -0.800. The predicted molar refractivity (Wildman–Crippen MR) is 147 cm³/mol. The van der Waals surface area contributed by atoms with Gasteiger partial charge in [-0.15, -0.1) is 0 Å². The van der Waals surface area contributed by atoms with Crippen LogP contribution < -0.4 is 9.62 Å². The molecule has 0 saturated heterocycles. The van der Waals surface area contributed by atoms with Gasteiger partial charge in [0.25, 0.3) is 10.0 Å². The number of hydrogen-bond donors (Lipinski definition) is 1. The summed E-state index contributed by atoms with van der Waals surface area (Å²) in [6.07, 6.45) is 0. The highest BCUT2D eigenvalue weighted by Crippen LogP contribution is 2.25. The molecule has 0 aliphatic carbocycles. The van der Waals surface area contributed by atoms with Gasteiger partial charge >= 0.3 is 0 Å². The number of nitrogens with one attached hydrogen (secondary N) is 1. The van der Waals surface area contributed by atoms with Crippen molar-refractivity contribution in [1.82, 2.24) is 10.2 Å². The van der Waals surface area contributed by atoms with Crippen molar-refractivity contribution in [2.45, 2.75) is 57.6 Å². The van der Waals surface area contributed by atoms with Crippen LogP contribution in [0.5, 0.6) is 0 Å². The van der Waals surface area contributed by atoms with Crippen LogP contribution in [0.1, 0.15) is 38.8 Å². The van der Waals surface area contributed by atoms with E-state index in [2.05, 4.69) is 5.32 Å². The molecule has 8 heteroatoms. The van der Waals surface area contributed by atoms with Crippen LogP contribution in [0.25, 0.3) is 0 Å². The van der Waals surface area contributed by atoms with Crippen LogP contribution in [-0.4, -0.2) is 43.3 Å². The fourth-order valence-corrected chi connectivity index (χ4v) is 5.30. The molecule has 3 aromatic carbocycles. The smallest absolute Gasteiger partial charge is 0.264 e. The molecule has 0 radical (unpaired) electrons. The molecular weight excluding hydrogens is 486 g/mol. The fraction of sp³-hybridized carbons (Fsp3) is 0.310. The number of benzene rings is 3. The SMILES string of the molecule is Cc1cccc(N(CC(=O)N(Cc2ccccc2)[C@@H](C)C(=O)NC(C)(C)C)S(=O)(=O)c2ccccc2)c1. The number of hydrogen-bond acceptors (Lipinski definition) is 4. The topological polar surface area (TPSA) is 86.8 Å². The van der Waals surface area contributed by atoms with Gasteiger partial charge in [-0.1, -0.05) is 60.7 Å². The Hall–Kier alpha value is -3.65. The van der Waals surface area contributed by atoms with Crippen molar-refractivity contribution in [3.05, 3.63) is 96.1 Å². The number of rotatable bonds is 9. The van der Waals surface area contributed by atoms with Gasteiger partial charge in [0.1, 0.15) is 12.6 Å². The molecule has 0 saturated carbocycles. The van der Waals surface area contributed by atoms with Crippen molar-refractivity contribution in [1.29, 1.82) is 0 Å². The largest absolute Gasteiger partial charge is 0.350 e. The van der Waals surface area contributed by atoms with Crippen LogP contribution in [0.2, 0.25) is 0 Å². The highest BCUT2D eigenvalue weighted by molar-refractivity contribution is 7.92. The number of sulfonamides is 1. The Morgan fingerprint density at radius 1 is 0.892 bits per heavy atom. The Balaban J connectivity index is 2.01. The fourth-order valence-electron chi connectivity index (χ4n) is 3.87. The van der Waals surface area contributed by atoms with E-state index in [0.29, 0.717) is 5.69 Å². The molecule has 196 valence electrons. The van der Waals surface area contributed by atoms with E-state index >= 15 is 0 Å². The first-order chi connectivity index (χ1) is 17.4. The molecule has 1 N–H and O–H groups in total. The summed E-state index contributed by atoms with van der Waals surface area (Å²) in [7, 11) is -4.06. The maximum Gasteiger partial charge on any atom is 0.264 e. The summed E-state index contributed by atoms with van der Waals surface area (Å²) < 4.78 is 28.6. The van der Waals surface area contributed by atoms with Crippen molar-refractivity contribution in [3.63, 3.8) is 0 Å². The van der Waals surface area contributed by atoms with Gasteiger partial charge in [-0.05, 0) is 70.0 Å². The Labute approximate surface area is 220 Å². The maximum absolute atomic E-state index is 13.8. The Morgan fingerprint density at radius 2 is 1.49 bits per heavy atom. The molecular formula is C29H35N3O4S. The number of anilines is 1. The average molecular weight is 522 g/mol. The molecule has 37 heavy (non-hydrogen) atoms. The normalized spacial score (nSPS) is 12.5. The zero-order valence-corrected chi connectivity index (χ0v) is 22.8. The van der Waals surface area contributed by atoms with Gasteiger partial charge < -0.3 is 10.2 Å². The van der Waals surface area contributed by atoms with E-state index < -0.39 is 34.1 Å². The lowest BCUT2D eigenvalue weighted by Crippen LogP contribution is -2.54. The van der Waals surface area contributed by atoms with Crippen molar-refractivity contribution in [2.75, 3.05) is 10.8 Å². The molecule has 0 aliphatic heterocycles. The number of aryl methyl sites for hydroxylation is 1. The second-order valence-electron chi connectivity index (χ2n) is 10.1. The first kappa shape index (κ1) is 27.9. The first-order valence-electron chi connectivity index (χ1n) is 12.2. The molecule has 0 spiro atoms. The van der Waals surface area contributed by atoms with Crippen molar-refractivity contribution >= 4 is 27.5 Å². The summed E-state index contributed by atoms with van der Waals surface area (Å²) in [5.41, 5.74) is 1.58. The van der Waals surface area contributed by atoms with E-state index in [1.165, 1.54) is 17.0 Å². The van der Waals surface area contributed by atoms with Crippen LogP contribution in [0.15, 0.2) is 89.8 Å². The third-order valence-corrected chi connectivity index (χ3v) is 7.55. The maximum atomic E-state index is 13.8. The molecule has 0 aromatic heterocycles. The van der Waals surface area contributed by atoms with Crippen LogP contribution in [0.4, 0.5) is 5.69 Å². The van der Waals surface area contributed by atoms with Gasteiger partial charge in [0.2, 0.25) is 11.8 Å². The average Bonchev–Trinajstić information content (AvgIpc) is 2.85. The van der Waals surface area contributed by atoms with Gasteiger partial charge in [0.05, 0.1) is 10.6 Å². The van der Waals surface area contributed by atoms with Gasteiger partial charge in [-0.25, -0.2) is 8.42 Å². The lowest BCUT2D eigenvalue weighted by Gasteiger charge is -2.33. The minimum Gasteiger partial charge on any atom is -0.350 e. The highest BCUT2D eigenvalue weighted by Gasteiger charge is 2.33.